The Bertz CT molecular complexity index is 9.51. The van der Waals surface area contributed by atoms with Crippen LogP contribution in [0.3, 0.4) is 0 Å². The van der Waals surface area contributed by atoms with Crippen LogP contribution in [0.25, 0.3) is 0 Å². The normalized spacial score (nSPS) is 5.00. The number of halogens is 1. The summed E-state index contributed by atoms with van der Waals surface area (Å²) in [5.41, 5.74) is 0. The van der Waals surface area contributed by atoms with Crippen LogP contribution >= 0.6 is 0 Å². The van der Waals surface area contributed by atoms with Crippen LogP contribution in [0.4, 0.5) is 0 Å². The van der Waals surface area contributed by atoms with Crippen molar-refractivity contribution in [2.45, 2.75) is 19.8 Å². The molecule has 0 aromatic heterocycles. The molecule has 34 valence electrons. The van der Waals surface area contributed by atoms with Gasteiger partial charge in [0.1, 0.15) is 0 Å². The molecular formula is C4H9CaI. The molecule has 2 heteroatoms. The molecule has 0 aliphatic carbocycles. The Morgan fingerprint density at radius 2 is 1.67 bits per heavy atom. The van der Waals surface area contributed by atoms with Gasteiger partial charge in [0.05, 0.1) is 0 Å². The molecule has 0 aromatic rings. The third-order valence-electron chi connectivity index (χ3n) is 0.354. The summed E-state index contributed by atoms with van der Waals surface area (Å²) in [6, 6.07) is 0. The fourth-order valence-electron chi connectivity index (χ4n) is 0. The molecule has 0 bridgehead atoms. The van der Waals surface area contributed by atoms with Gasteiger partial charge in [-0.25, -0.2) is 0 Å². The second-order valence-electron chi connectivity index (χ2n) is 0.854. The zero-order valence-electron chi connectivity index (χ0n) is 4.21. The second-order valence-corrected chi connectivity index (χ2v) is 0.854. The maximum absolute atomic E-state index is 3.60. The molecule has 0 fully saturated rings. The average molecular weight is 224 g/mol. The van der Waals surface area contributed by atoms with E-state index in [1.165, 1.54) is 6.42 Å². The molecule has 0 spiro atoms. The van der Waals surface area contributed by atoms with Crippen LogP contribution < -0.4 is 24.0 Å². The summed E-state index contributed by atoms with van der Waals surface area (Å²) in [5, 5.41) is 0. The summed E-state index contributed by atoms with van der Waals surface area (Å²) in [7, 11) is 0. The van der Waals surface area contributed by atoms with E-state index >= 15 is 0 Å². The van der Waals surface area contributed by atoms with Gasteiger partial charge < -0.3 is 30.9 Å². The Labute approximate surface area is 87.1 Å². The molecule has 0 aliphatic rings. The third-order valence-corrected chi connectivity index (χ3v) is 0.354. The second kappa shape index (κ2) is 15.8. The van der Waals surface area contributed by atoms with Crippen molar-refractivity contribution in [1.82, 2.24) is 0 Å². The number of unbranched alkanes of at least 4 members (excludes halogenated alkanes) is 1. The van der Waals surface area contributed by atoms with Gasteiger partial charge in [-0.15, -0.1) is 0 Å². The van der Waals surface area contributed by atoms with E-state index in [1.54, 1.807) is 0 Å². The van der Waals surface area contributed by atoms with Gasteiger partial charge in [0, 0.05) is 0 Å². The topological polar surface area (TPSA) is 0 Å². The summed E-state index contributed by atoms with van der Waals surface area (Å²) in [4.78, 5) is 0. The standard InChI is InChI=1S/C4H9.Ca.HI/c1-3-4-2;;/h1,3-4H2,2H3;;1H/q-1;+2;/p-1. The van der Waals surface area contributed by atoms with Crippen LogP contribution in [-0.4, -0.2) is 37.7 Å². The van der Waals surface area contributed by atoms with Gasteiger partial charge in [0.25, 0.3) is 0 Å². The van der Waals surface area contributed by atoms with Gasteiger partial charge in [-0.3, -0.25) is 0 Å². The van der Waals surface area contributed by atoms with Gasteiger partial charge in [0.15, 0.2) is 0 Å². The molecule has 6 heavy (non-hydrogen) atoms. The SMILES string of the molecule is [CH2-]CCC.[Ca+2].[I-]. The fourth-order valence-corrected chi connectivity index (χ4v) is 0. The van der Waals surface area contributed by atoms with E-state index in [1.807, 2.05) is 0 Å². The Kier molecular flexibility index (Phi) is 41.2. The first-order chi connectivity index (χ1) is 1.91. The van der Waals surface area contributed by atoms with Crippen molar-refractivity contribution in [2.75, 3.05) is 0 Å². The van der Waals surface area contributed by atoms with Gasteiger partial charge in [0.2, 0.25) is 0 Å². The van der Waals surface area contributed by atoms with Crippen molar-refractivity contribution in [3.8, 4) is 0 Å². The van der Waals surface area contributed by atoms with E-state index in [-0.39, 0.29) is 61.7 Å². The maximum Gasteiger partial charge on any atom is 2.00 e. The van der Waals surface area contributed by atoms with E-state index in [2.05, 4.69) is 13.8 Å². The number of hydrogen-bond donors (Lipinski definition) is 0. The number of rotatable bonds is 1. The zero-order chi connectivity index (χ0) is 3.41. The summed E-state index contributed by atoms with van der Waals surface area (Å²) in [5.74, 6) is 0. The monoisotopic (exact) mass is 224 g/mol. The van der Waals surface area contributed by atoms with Crippen LogP contribution in [0.15, 0.2) is 0 Å². The largest absolute Gasteiger partial charge is 2.00 e. The third kappa shape index (κ3) is 16.7. The van der Waals surface area contributed by atoms with E-state index in [9.17, 15) is 0 Å². The molecule has 0 nitrogen and oxygen atoms in total. The smallest absolute Gasteiger partial charge is 1.00 e. The van der Waals surface area contributed by atoms with Crippen LogP contribution in [0.2, 0.25) is 0 Å². The van der Waals surface area contributed by atoms with Crippen molar-refractivity contribution in [1.29, 1.82) is 0 Å². The average Bonchev–Trinajstić information content (AvgIpc) is 1.37. The van der Waals surface area contributed by atoms with E-state index in [0.717, 1.165) is 6.42 Å². The minimum absolute atomic E-state index is 0. The Balaban J connectivity index is -0.0000000450. The molecule has 0 saturated carbocycles. The minimum Gasteiger partial charge on any atom is -1.00 e. The Morgan fingerprint density at radius 3 is 1.67 bits per heavy atom. The van der Waals surface area contributed by atoms with Gasteiger partial charge in [-0.05, 0) is 0 Å². The molecular weight excluding hydrogens is 215 g/mol. The maximum atomic E-state index is 3.60. The van der Waals surface area contributed by atoms with Crippen molar-refractivity contribution >= 4 is 37.7 Å². The van der Waals surface area contributed by atoms with E-state index in [0.29, 0.717) is 0 Å². The van der Waals surface area contributed by atoms with Crippen LogP contribution in [-0.2, 0) is 0 Å². The first-order valence-corrected chi connectivity index (χ1v) is 1.71. The predicted octanol–water partition coefficient (Wildman–Crippen LogP) is -1.76. The van der Waals surface area contributed by atoms with Crippen LogP contribution in [0, 0.1) is 6.92 Å². The number of hydrogen-bond acceptors (Lipinski definition) is 0. The molecule has 0 radical (unpaired) electrons. The van der Waals surface area contributed by atoms with Crippen molar-refractivity contribution < 1.29 is 24.0 Å². The van der Waals surface area contributed by atoms with Crippen molar-refractivity contribution in [2.24, 2.45) is 0 Å². The van der Waals surface area contributed by atoms with Gasteiger partial charge in [-0.1, -0.05) is 13.3 Å². The molecule has 0 atom stereocenters. The first-order valence-electron chi connectivity index (χ1n) is 1.71. The fraction of sp³-hybridized carbons (Fsp3) is 0.750. The van der Waals surface area contributed by atoms with E-state index in [4.69, 9.17) is 0 Å². The summed E-state index contributed by atoms with van der Waals surface area (Å²) in [6.45, 7) is 5.72. The Morgan fingerprint density at radius 1 is 1.50 bits per heavy atom. The quantitative estimate of drug-likeness (QED) is 0.281. The molecule has 0 aliphatic heterocycles. The zero-order valence-corrected chi connectivity index (χ0v) is 8.57. The molecule has 0 amide bonds. The minimum atomic E-state index is 0. The molecule has 0 unspecified atom stereocenters. The molecule has 0 aromatic carbocycles. The van der Waals surface area contributed by atoms with Gasteiger partial charge >= 0.3 is 37.7 Å². The van der Waals surface area contributed by atoms with Crippen molar-refractivity contribution in [3.63, 3.8) is 0 Å². The summed E-state index contributed by atoms with van der Waals surface area (Å²) < 4.78 is 0. The van der Waals surface area contributed by atoms with Gasteiger partial charge in [-0.2, -0.15) is 6.42 Å². The molecule has 0 rings (SSSR count). The van der Waals surface area contributed by atoms with Crippen LogP contribution in [0.5, 0.6) is 0 Å². The van der Waals surface area contributed by atoms with E-state index < -0.39 is 0 Å². The molecule has 0 heterocycles. The van der Waals surface area contributed by atoms with Crippen molar-refractivity contribution in [3.05, 3.63) is 6.92 Å². The molecule has 0 saturated heterocycles. The summed E-state index contributed by atoms with van der Waals surface area (Å²) >= 11 is 0. The predicted molar refractivity (Wildman–Crippen MR) is 26.0 cm³/mol. The summed E-state index contributed by atoms with van der Waals surface area (Å²) in [6.07, 6.45) is 2.28. The van der Waals surface area contributed by atoms with Crippen LogP contribution in [0.1, 0.15) is 19.8 Å². The first kappa shape index (κ1) is 15.7. The Hall–Kier alpha value is 1.99. The molecule has 0 N–H and O–H groups in total.